The van der Waals surface area contributed by atoms with E-state index in [1.54, 1.807) is 0 Å². The van der Waals surface area contributed by atoms with Gasteiger partial charge in [-0.2, -0.15) is 0 Å². The summed E-state index contributed by atoms with van der Waals surface area (Å²) in [5, 5.41) is 11.1. The summed E-state index contributed by atoms with van der Waals surface area (Å²) < 4.78 is 0. The third kappa shape index (κ3) is 1.88. The molecule has 3 rings (SSSR count). The highest BCUT2D eigenvalue weighted by Gasteiger charge is 2.45. The van der Waals surface area contributed by atoms with E-state index in [1.165, 1.54) is 18.2 Å². The van der Waals surface area contributed by atoms with E-state index in [4.69, 9.17) is 5.21 Å². The molecule has 2 heterocycles. The summed E-state index contributed by atoms with van der Waals surface area (Å²) in [7, 11) is 0. The van der Waals surface area contributed by atoms with E-state index in [1.807, 2.05) is 5.48 Å². The van der Waals surface area contributed by atoms with Crippen molar-refractivity contribution < 1.29 is 24.4 Å². The monoisotopic (exact) mass is 289 g/mol. The van der Waals surface area contributed by atoms with Crippen molar-refractivity contribution in [1.82, 2.24) is 10.2 Å². The van der Waals surface area contributed by atoms with Crippen LogP contribution in [-0.4, -0.2) is 39.8 Å². The molecule has 0 aliphatic carbocycles. The predicted molar refractivity (Wildman–Crippen MR) is 68.5 cm³/mol. The second-order valence-electron chi connectivity index (χ2n) is 4.79. The summed E-state index contributed by atoms with van der Waals surface area (Å²) >= 11 is 0. The lowest BCUT2D eigenvalue weighted by Crippen LogP contribution is -2.54. The second kappa shape index (κ2) is 4.67. The van der Waals surface area contributed by atoms with Gasteiger partial charge in [0.15, 0.2) is 0 Å². The van der Waals surface area contributed by atoms with Gasteiger partial charge in [-0.3, -0.25) is 40.1 Å². The number of fused-ring (bicyclic) bond motifs is 1. The molecule has 8 heteroatoms. The largest absolute Gasteiger partial charge is 0.295 e. The van der Waals surface area contributed by atoms with Gasteiger partial charge in [-0.05, 0) is 18.6 Å². The topological polar surface area (TPSA) is 116 Å². The van der Waals surface area contributed by atoms with E-state index in [2.05, 4.69) is 5.32 Å². The molecule has 0 spiro atoms. The number of anilines is 1. The molecule has 0 bridgehead atoms. The molecule has 21 heavy (non-hydrogen) atoms. The van der Waals surface area contributed by atoms with Gasteiger partial charge in [-0.25, -0.2) is 0 Å². The lowest BCUT2D eigenvalue weighted by Gasteiger charge is -2.27. The molecular weight excluding hydrogens is 278 g/mol. The summed E-state index contributed by atoms with van der Waals surface area (Å²) in [5.74, 6) is -2.37. The Morgan fingerprint density at radius 2 is 1.95 bits per heavy atom. The van der Waals surface area contributed by atoms with E-state index in [9.17, 15) is 19.2 Å². The highest BCUT2D eigenvalue weighted by Crippen LogP contribution is 2.31. The number of imide groups is 2. The number of rotatable bonds is 2. The molecule has 2 aliphatic heterocycles. The molecule has 1 saturated heterocycles. The Kier molecular flexibility index (Phi) is 2.95. The smallest absolute Gasteiger partial charge is 0.264 e. The summed E-state index contributed by atoms with van der Waals surface area (Å²) in [5.41, 5.74) is 2.10. The molecule has 1 fully saturated rings. The Balaban J connectivity index is 2.00. The maximum atomic E-state index is 12.4. The van der Waals surface area contributed by atoms with Crippen molar-refractivity contribution in [3.8, 4) is 0 Å². The molecule has 1 aromatic carbocycles. The standard InChI is InChI=1S/C13H11N3O5/c17-9-5-4-8(11(18)14-9)16-12(19)6-2-1-3-7(15-21)10(6)13(16)20/h1-3,8,15,21H,4-5H2,(H,14,17,18). The van der Waals surface area contributed by atoms with Gasteiger partial charge >= 0.3 is 0 Å². The third-order valence-corrected chi connectivity index (χ3v) is 3.59. The van der Waals surface area contributed by atoms with Crippen LogP contribution in [0.1, 0.15) is 33.6 Å². The van der Waals surface area contributed by atoms with Crippen LogP contribution >= 0.6 is 0 Å². The molecule has 1 aromatic rings. The maximum absolute atomic E-state index is 12.4. The fourth-order valence-corrected chi connectivity index (χ4v) is 2.61. The second-order valence-corrected chi connectivity index (χ2v) is 4.79. The average molecular weight is 289 g/mol. The summed E-state index contributed by atoms with van der Waals surface area (Å²) in [6.07, 6.45) is 0.160. The molecule has 0 aromatic heterocycles. The molecule has 0 saturated carbocycles. The molecule has 1 atom stereocenters. The Morgan fingerprint density at radius 3 is 2.62 bits per heavy atom. The van der Waals surface area contributed by atoms with E-state index in [0.29, 0.717) is 0 Å². The molecule has 4 amide bonds. The minimum absolute atomic E-state index is 0.0229. The zero-order valence-electron chi connectivity index (χ0n) is 10.8. The Hall–Kier alpha value is -2.74. The van der Waals surface area contributed by atoms with Gasteiger partial charge in [0.25, 0.3) is 11.8 Å². The number of nitrogens with zero attached hydrogens (tertiary/aromatic N) is 1. The Labute approximate surface area is 118 Å². The van der Waals surface area contributed by atoms with Gasteiger partial charge < -0.3 is 0 Å². The van der Waals surface area contributed by atoms with Gasteiger partial charge in [-0.1, -0.05) is 6.07 Å². The molecule has 1 unspecified atom stereocenters. The van der Waals surface area contributed by atoms with Crippen LogP contribution in [0.3, 0.4) is 0 Å². The Bertz CT molecular complexity index is 684. The predicted octanol–water partition coefficient (Wildman–Crippen LogP) is -0.111. The summed E-state index contributed by atoms with van der Waals surface area (Å²) in [6.45, 7) is 0. The first-order valence-electron chi connectivity index (χ1n) is 6.29. The molecule has 108 valence electrons. The number of benzene rings is 1. The van der Waals surface area contributed by atoms with Crippen LogP contribution in [-0.2, 0) is 9.59 Å². The number of hydrogen-bond acceptors (Lipinski definition) is 6. The van der Waals surface area contributed by atoms with Crippen molar-refractivity contribution in [3.63, 3.8) is 0 Å². The number of carbonyl (C=O) groups is 4. The fourth-order valence-electron chi connectivity index (χ4n) is 2.61. The lowest BCUT2D eigenvalue weighted by atomic mass is 10.0. The lowest BCUT2D eigenvalue weighted by molar-refractivity contribution is -0.136. The van der Waals surface area contributed by atoms with Crippen molar-refractivity contribution in [2.24, 2.45) is 0 Å². The van der Waals surface area contributed by atoms with Crippen molar-refractivity contribution in [3.05, 3.63) is 29.3 Å². The minimum atomic E-state index is -1.01. The van der Waals surface area contributed by atoms with Gasteiger partial charge in [0.1, 0.15) is 6.04 Å². The van der Waals surface area contributed by atoms with Crippen molar-refractivity contribution in [1.29, 1.82) is 0 Å². The number of hydrogen-bond donors (Lipinski definition) is 3. The highest BCUT2D eigenvalue weighted by molar-refractivity contribution is 6.25. The van der Waals surface area contributed by atoms with Crippen LogP contribution < -0.4 is 10.8 Å². The third-order valence-electron chi connectivity index (χ3n) is 3.59. The minimum Gasteiger partial charge on any atom is -0.295 e. The van der Waals surface area contributed by atoms with Crippen LogP contribution in [0.2, 0.25) is 0 Å². The normalized spacial score (nSPS) is 21.4. The molecule has 3 N–H and O–H groups in total. The van der Waals surface area contributed by atoms with Crippen LogP contribution in [0.4, 0.5) is 5.69 Å². The van der Waals surface area contributed by atoms with E-state index < -0.39 is 29.7 Å². The highest BCUT2D eigenvalue weighted by atomic mass is 16.5. The van der Waals surface area contributed by atoms with Crippen molar-refractivity contribution in [2.45, 2.75) is 18.9 Å². The quantitative estimate of drug-likeness (QED) is 0.516. The first kappa shape index (κ1) is 13.3. The van der Waals surface area contributed by atoms with E-state index >= 15 is 0 Å². The average Bonchev–Trinajstić information content (AvgIpc) is 2.72. The van der Waals surface area contributed by atoms with Crippen LogP contribution in [0.15, 0.2) is 18.2 Å². The summed E-state index contributed by atoms with van der Waals surface area (Å²) in [6, 6.07) is 3.39. The maximum Gasteiger partial charge on any atom is 0.264 e. The van der Waals surface area contributed by atoms with Crippen LogP contribution in [0.25, 0.3) is 0 Å². The first-order valence-corrected chi connectivity index (χ1v) is 6.29. The fraction of sp³-hybridized carbons (Fsp3) is 0.231. The number of carbonyl (C=O) groups excluding carboxylic acids is 4. The summed E-state index contributed by atoms with van der Waals surface area (Å²) in [4.78, 5) is 48.6. The molecular formula is C13H11N3O5. The van der Waals surface area contributed by atoms with Crippen LogP contribution in [0, 0.1) is 0 Å². The molecule has 0 radical (unpaired) electrons. The SMILES string of the molecule is O=C1CCC(N2C(=O)c3cccc(NO)c3C2=O)C(=O)N1. The van der Waals surface area contributed by atoms with Crippen molar-refractivity contribution in [2.75, 3.05) is 5.48 Å². The van der Waals surface area contributed by atoms with Crippen LogP contribution in [0.5, 0.6) is 0 Å². The zero-order chi connectivity index (χ0) is 15.1. The van der Waals surface area contributed by atoms with E-state index in [-0.39, 0.29) is 29.7 Å². The zero-order valence-corrected chi connectivity index (χ0v) is 10.8. The first-order chi connectivity index (χ1) is 10.0. The Morgan fingerprint density at radius 1 is 1.19 bits per heavy atom. The molecule has 8 nitrogen and oxygen atoms in total. The number of nitrogens with one attached hydrogen (secondary N) is 2. The van der Waals surface area contributed by atoms with Gasteiger partial charge in [0.2, 0.25) is 11.8 Å². The number of piperidine rings is 1. The van der Waals surface area contributed by atoms with Gasteiger partial charge in [0, 0.05) is 6.42 Å². The van der Waals surface area contributed by atoms with Gasteiger partial charge in [-0.15, -0.1) is 0 Å². The van der Waals surface area contributed by atoms with Gasteiger partial charge in [0.05, 0.1) is 16.8 Å². The molecule has 2 aliphatic rings. The van der Waals surface area contributed by atoms with E-state index in [0.717, 1.165) is 4.90 Å². The number of amides is 4. The van der Waals surface area contributed by atoms with Crippen molar-refractivity contribution >= 4 is 29.3 Å².